The average Bonchev–Trinajstić information content (AvgIpc) is 2.84. The number of sulfonamides is 1. The highest BCUT2D eigenvalue weighted by Crippen LogP contribution is 2.35. The molecule has 0 spiro atoms. The summed E-state index contributed by atoms with van der Waals surface area (Å²) in [5.74, 6) is 0.103. The maximum Gasteiger partial charge on any atom is 0.265 e. The van der Waals surface area contributed by atoms with Gasteiger partial charge in [0.2, 0.25) is 10.0 Å². The summed E-state index contributed by atoms with van der Waals surface area (Å²) >= 11 is 0. The second-order valence-corrected chi connectivity index (χ2v) is 9.80. The number of fused-ring (bicyclic) bond motifs is 1. The van der Waals surface area contributed by atoms with Gasteiger partial charge in [-0.2, -0.15) is 4.31 Å². The lowest BCUT2D eigenvalue weighted by Gasteiger charge is -2.29. The third-order valence-corrected chi connectivity index (χ3v) is 7.53. The van der Waals surface area contributed by atoms with Crippen molar-refractivity contribution in [2.24, 2.45) is 0 Å². The monoisotopic (exact) mass is 473 g/mol. The summed E-state index contributed by atoms with van der Waals surface area (Å²) in [5, 5.41) is 2.81. The molecule has 2 amide bonds. The van der Waals surface area contributed by atoms with Crippen molar-refractivity contribution >= 4 is 33.2 Å². The molecular formula is C23H27N3O6S. The minimum absolute atomic E-state index is 0.00211. The SMILES string of the molecule is CCCCN1C(=O)COc2ccc(NC(=O)c3ccc(S(=O)(=O)N4CCOCC4)cc3)cc21. The van der Waals surface area contributed by atoms with E-state index in [9.17, 15) is 18.0 Å². The number of nitrogens with zero attached hydrogens (tertiary/aromatic N) is 2. The molecule has 1 saturated heterocycles. The number of rotatable bonds is 7. The molecule has 0 aliphatic carbocycles. The van der Waals surface area contributed by atoms with E-state index in [1.807, 2.05) is 0 Å². The van der Waals surface area contributed by atoms with Gasteiger partial charge in [-0.05, 0) is 48.9 Å². The van der Waals surface area contributed by atoms with E-state index in [4.69, 9.17) is 9.47 Å². The second kappa shape index (κ2) is 9.90. The van der Waals surface area contributed by atoms with E-state index in [0.29, 0.717) is 55.5 Å². The molecule has 10 heteroatoms. The van der Waals surface area contributed by atoms with E-state index in [2.05, 4.69) is 12.2 Å². The van der Waals surface area contributed by atoms with E-state index < -0.39 is 10.0 Å². The molecular weight excluding hydrogens is 446 g/mol. The fourth-order valence-electron chi connectivity index (χ4n) is 3.76. The van der Waals surface area contributed by atoms with Crippen LogP contribution in [0.15, 0.2) is 47.4 Å². The van der Waals surface area contributed by atoms with Crippen LogP contribution in [0.1, 0.15) is 30.1 Å². The molecule has 4 rings (SSSR count). The predicted molar refractivity (Wildman–Crippen MR) is 123 cm³/mol. The Morgan fingerprint density at radius 3 is 2.52 bits per heavy atom. The molecule has 9 nitrogen and oxygen atoms in total. The van der Waals surface area contributed by atoms with Crippen LogP contribution in [0, 0.1) is 0 Å². The zero-order valence-electron chi connectivity index (χ0n) is 18.5. The molecule has 1 N–H and O–H groups in total. The third kappa shape index (κ3) is 5.02. The number of carbonyl (C=O) groups is 2. The smallest absolute Gasteiger partial charge is 0.265 e. The van der Waals surface area contributed by atoms with Crippen molar-refractivity contribution in [1.82, 2.24) is 4.31 Å². The molecule has 2 aromatic rings. The predicted octanol–water partition coefficient (Wildman–Crippen LogP) is 2.49. The van der Waals surface area contributed by atoms with Gasteiger partial charge >= 0.3 is 0 Å². The molecule has 33 heavy (non-hydrogen) atoms. The topological polar surface area (TPSA) is 105 Å². The first-order chi connectivity index (χ1) is 15.9. The number of ether oxygens (including phenoxy) is 2. The molecule has 0 unspecified atom stereocenters. The summed E-state index contributed by atoms with van der Waals surface area (Å²) in [6.07, 6.45) is 1.81. The first-order valence-corrected chi connectivity index (χ1v) is 12.4. The first-order valence-electron chi connectivity index (χ1n) is 11.0. The molecule has 2 aliphatic heterocycles. The third-order valence-electron chi connectivity index (χ3n) is 5.62. The molecule has 2 heterocycles. The highest BCUT2D eigenvalue weighted by atomic mass is 32.2. The van der Waals surface area contributed by atoms with Crippen LogP contribution in [0.3, 0.4) is 0 Å². The van der Waals surface area contributed by atoms with Crippen LogP contribution in [0.4, 0.5) is 11.4 Å². The van der Waals surface area contributed by atoms with Crippen molar-refractivity contribution < 1.29 is 27.5 Å². The summed E-state index contributed by atoms with van der Waals surface area (Å²) in [4.78, 5) is 26.9. The molecule has 176 valence electrons. The van der Waals surface area contributed by atoms with Crippen LogP contribution in [0.5, 0.6) is 5.75 Å². The van der Waals surface area contributed by atoms with Crippen molar-refractivity contribution in [3.63, 3.8) is 0 Å². The fourth-order valence-corrected chi connectivity index (χ4v) is 5.17. The normalized spacial score (nSPS) is 16.8. The Bertz CT molecular complexity index is 1130. The Morgan fingerprint density at radius 2 is 1.82 bits per heavy atom. The van der Waals surface area contributed by atoms with Crippen LogP contribution in [-0.2, 0) is 19.6 Å². The maximum absolute atomic E-state index is 12.8. The van der Waals surface area contributed by atoms with Gasteiger partial charge in [-0.1, -0.05) is 13.3 Å². The number of morpholine rings is 1. The Morgan fingerprint density at radius 1 is 1.09 bits per heavy atom. The van der Waals surface area contributed by atoms with Gasteiger partial charge in [-0.3, -0.25) is 9.59 Å². The number of hydrogen-bond acceptors (Lipinski definition) is 6. The van der Waals surface area contributed by atoms with Gasteiger partial charge in [-0.15, -0.1) is 0 Å². The van der Waals surface area contributed by atoms with Gasteiger partial charge in [-0.25, -0.2) is 8.42 Å². The second-order valence-electron chi connectivity index (χ2n) is 7.87. The standard InChI is InChI=1S/C23H27N3O6S/c1-2-3-10-26-20-15-18(6-9-21(20)32-16-22(26)27)24-23(28)17-4-7-19(8-5-17)33(29,30)25-11-13-31-14-12-25/h4-9,15H,2-3,10-14,16H2,1H3,(H,24,28). The van der Waals surface area contributed by atoms with Gasteiger partial charge in [0.1, 0.15) is 5.75 Å². The number of anilines is 2. The van der Waals surface area contributed by atoms with E-state index in [-0.39, 0.29) is 23.3 Å². The van der Waals surface area contributed by atoms with E-state index in [1.165, 1.54) is 28.6 Å². The number of nitrogens with one attached hydrogen (secondary N) is 1. The summed E-state index contributed by atoms with van der Waals surface area (Å²) in [6.45, 7) is 4.00. The Balaban J connectivity index is 1.48. The van der Waals surface area contributed by atoms with Gasteiger partial charge in [0.25, 0.3) is 11.8 Å². The number of benzene rings is 2. The fraction of sp³-hybridized carbons (Fsp3) is 0.391. The van der Waals surface area contributed by atoms with Crippen LogP contribution in [0.2, 0.25) is 0 Å². The molecule has 0 bridgehead atoms. The summed E-state index contributed by atoms with van der Waals surface area (Å²) in [5.41, 5.74) is 1.47. The molecule has 0 atom stereocenters. The average molecular weight is 474 g/mol. The first kappa shape index (κ1) is 23.2. The quantitative estimate of drug-likeness (QED) is 0.662. The van der Waals surface area contributed by atoms with Gasteiger partial charge in [0.15, 0.2) is 6.61 Å². The summed E-state index contributed by atoms with van der Waals surface area (Å²) in [7, 11) is -3.62. The van der Waals surface area contributed by atoms with E-state index in [1.54, 1.807) is 23.1 Å². The molecule has 0 radical (unpaired) electrons. The van der Waals surface area contributed by atoms with Crippen molar-refractivity contribution in [3.8, 4) is 5.75 Å². The van der Waals surface area contributed by atoms with Crippen molar-refractivity contribution in [2.75, 3.05) is 49.7 Å². The summed E-state index contributed by atoms with van der Waals surface area (Å²) < 4.78 is 37.6. The molecule has 0 saturated carbocycles. The molecule has 1 fully saturated rings. The Kier molecular flexibility index (Phi) is 6.96. The number of carbonyl (C=O) groups excluding carboxylic acids is 2. The van der Waals surface area contributed by atoms with Crippen molar-refractivity contribution in [1.29, 1.82) is 0 Å². The van der Waals surface area contributed by atoms with Crippen LogP contribution in [-0.4, -0.2) is 64.0 Å². The van der Waals surface area contributed by atoms with Gasteiger partial charge in [0, 0.05) is 30.9 Å². The van der Waals surface area contributed by atoms with Crippen LogP contribution >= 0.6 is 0 Å². The van der Waals surface area contributed by atoms with Gasteiger partial charge < -0.3 is 19.7 Å². The minimum atomic E-state index is -3.62. The highest BCUT2D eigenvalue weighted by molar-refractivity contribution is 7.89. The van der Waals surface area contributed by atoms with Crippen molar-refractivity contribution in [3.05, 3.63) is 48.0 Å². The number of amides is 2. The zero-order chi connectivity index (χ0) is 23.4. The highest BCUT2D eigenvalue weighted by Gasteiger charge is 2.27. The lowest BCUT2D eigenvalue weighted by atomic mass is 10.1. The molecule has 2 aromatic carbocycles. The maximum atomic E-state index is 12.8. The van der Waals surface area contributed by atoms with Crippen molar-refractivity contribution in [2.45, 2.75) is 24.7 Å². The molecule has 0 aromatic heterocycles. The van der Waals surface area contributed by atoms with E-state index >= 15 is 0 Å². The largest absolute Gasteiger partial charge is 0.482 e. The number of hydrogen-bond donors (Lipinski definition) is 1. The lowest BCUT2D eigenvalue weighted by Crippen LogP contribution is -2.40. The lowest BCUT2D eigenvalue weighted by molar-refractivity contribution is -0.121. The molecule has 2 aliphatic rings. The summed E-state index contributed by atoms with van der Waals surface area (Å²) in [6, 6.07) is 11.0. The number of unbranched alkanes of at least 4 members (excludes halogenated alkanes) is 1. The Labute approximate surface area is 193 Å². The zero-order valence-corrected chi connectivity index (χ0v) is 19.3. The minimum Gasteiger partial charge on any atom is -0.482 e. The Hall–Kier alpha value is -2.95. The van der Waals surface area contributed by atoms with Gasteiger partial charge in [0.05, 0.1) is 23.8 Å². The van der Waals surface area contributed by atoms with E-state index in [0.717, 1.165) is 12.8 Å². The van der Waals surface area contributed by atoms with Crippen LogP contribution < -0.4 is 15.0 Å². The van der Waals surface area contributed by atoms with Crippen LogP contribution in [0.25, 0.3) is 0 Å².